The van der Waals surface area contributed by atoms with Crippen molar-refractivity contribution in [3.05, 3.63) is 36.2 Å². The molecule has 15 heavy (non-hydrogen) atoms. The van der Waals surface area contributed by atoms with Gasteiger partial charge < -0.3 is 5.73 Å². The van der Waals surface area contributed by atoms with Crippen LogP contribution in [0, 0.1) is 0 Å². The molecule has 2 N–H and O–H groups in total. The highest BCUT2D eigenvalue weighted by atomic mass is 32.2. The molecule has 0 atom stereocenters. The van der Waals surface area contributed by atoms with E-state index in [9.17, 15) is 0 Å². The lowest BCUT2D eigenvalue weighted by Gasteiger charge is -1.99. The lowest BCUT2D eigenvalue weighted by Crippen LogP contribution is -1.85. The van der Waals surface area contributed by atoms with Crippen molar-refractivity contribution < 1.29 is 0 Å². The molecule has 0 bridgehead atoms. The fourth-order valence-corrected chi connectivity index (χ4v) is 1.96. The number of aromatic nitrogens is 3. The summed E-state index contributed by atoms with van der Waals surface area (Å²) in [5.74, 6) is 0.831. The highest BCUT2D eigenvalue weighted by Crippen LogP contribution is 2.22. The predicted molar refractivity (Wildman–Crippen MR) is 61.4 cm³/mol. The molecule has 4 nitrogen and oxygen atoms in total. The average Bonchev–Trinajstić information content (AvgIpc) is 2.64. The van der Waals surface area contributed by atoms with Crippen LogP contribution in [0.2, 0.25) is 0 Å². The first-order valence-corrected chi connectivity index (χ1v) is 5.56. The normalized spacial score (nSPS) is 10.5. The first-order chi connectivity index (χ1) is 7.24. The SMILES string of the molecule is Cn1cc(CSc2ccc(N)cc2)nn1. The Morgan fingerprint density at radius 3 is 2.67 bits per heavy atom. The Bertz CT molecular complexity index is 435. The second kappa shape index (κ2) is 4.35. The minimum absolute atomic E-state index is 0.791. The monoisotopic (exact) mass is 220 g/mol. The molecule has 1 heterocycles. The van der Waals surface area contributed by atoms with Crippen molar-refractivity contribution in [2.45, 2.75) is 10.6 Å². The number of benzene rings is 1. The van der Waals surface area contributed by atoms with E-state index in [4.69, 9.17) is 5.73 Å². The van der Waals surface area contributed by atoms with E-state index in [1.54, 1.807) is 16.4 Å². The number of thioether (sulfide) groups is 1. The van der Waals surface area contributed by atoms with Crippen molar-refractivity contribution in [1.29, 1.82) is 0 Å². The quantitative estimate of drug-likeness (QED) is 0.631. The molecule has 0 radical (unpaired) electrons. The van der Waals surface area contributed by atoms with Crippen LogP contribution in [0.15, 0.2) is 35.4 Å². The molecule has 2 aromatic rings. The molecule has 2 rings (SSSR count). The summed E-state index contributed by atoms with van der Waals surface area (Å²) in [4.78, 5) is 1.19. The van der Waals surface area contributed by atoms with E-state index in [0.717, 1.165) is 17.1 Å². The first-order valence-electron chi connectivity index (χ1n) is 4.57. The third-order valence-corrected chi connectivity index (χ3v) is 2.96. The van der Waals surface area contributed by atoms with E-state index in [-0.39, 0.29) is 0 Å². The third kappa shape index (κ3) is 2.73. The van der Waals surface area contributed by atoms with Crippen LogP contribution in [0.3, 0.4) is 0 Å². The Balaban J connectivity index is 1.96. The van der Waals surface area contributed by atoms with Gasteiger partial charge in [-0.3, -0.25) is 4.68 Å². The van der Waals surface area contributed by atoms with Crippen molar-refractivity contribution in [3.63, 3.8) is 0 Å². The zero-order chi connectivity index (χ0) is 10.7. The van der Waals surface area contributed by atoms with Gasteiger partial charge in [-0.2, -0.15) is 0 Å². The molecule has 0 aliphatic rings. The van der Waals surface area contributed by atoms with Crippen molar-refractivity contribution in [3.8, 4) is 0 Å². The van der Waals surface area contributed by atoms with Crippen LogP contribution in [0.1, 0.15) is 5.69 Å². The van der Waals surface area contributed by atoms with Gasteiger partial charge in [0.15, 0.2) is 0 Å². The minimum atomic E-state index is 0.791. The Morgan fingerprint density at radius 2 is 2.07 bits per heavy atom. The van der Waals surface area contributed by atoms with Crippen molar-refractivity contribution in [1.82, 2.24) is 15.0 Å². The number of hydrogen-bond donors (Lipinski definition) is 1. The summed E-state index contributed by atoms with van der Waals surface area (Å²) in [7, 11) is 1.87. The Morgan fingerprint density at radius 1 is 1.33 bits per heavy atom. The standard InChI is InChI=1S/C10H12N4S/c1-14-6-9(12-13-14)7-15-10-4-2-8(11)3-5-10/h2-6H,7,11H2,1H3. The van der Waals surface area contributed by atoms with E-state index in [0.29, 0.717) is 0 Å². The van der Waals surface area contributed by atoms with Crippen molar-refractivity contribution in [2.24, 2.45) is 7.05 Å². The smallest absolute Gasteiger partial charge is 0.0929 e. The predicted octanol–water partition coefficient (Wildman–Crippen LogP) is 1.69. The molecule has 1 aromatic heterocycles. The summed E-state index contributed by atoms with van der Waals surface area (Å²) in [6, 6.07) is 7.82. The fraction of sp³-hybridized carbons (Fsp3) is 0.200. The molecular formula is C10H12N4S. The number of hydrogen-bond acceptors (Lipinski definition) is 4. The summed E-state index contributed by atoms with van der Waals surface area (Å²) >= 11 is 1.72. The number of nitrogen functional groups attached to an aromatic ring is 1. The number of nitrogens with two attached hydrogens (primary N) is 1. The van der Waals surface area contributed by atoms with Gasteiger partial charge in [0.25, 0.3) is 0 Å². The van der Waals surface area contributed by atoms with E-state index < -0.39 is 0 Å². The van der Waals surface area contributed by atoms with E-state index >= 15 is 0 Å². The molecule has 0 spiro atoms. The van der Waals surface area contributed by atoms with Gasteiger partial charge in [0, 0.05) is 29.6 Å². The van der Waals surface area contributed by atoms with Gasteiger partial charge in [-0.05, 0) is 24.3 Å². The van der Waals surface area contributed by atoms with Gasteiger partial charge in [-0.1, -0.05) is 5.21 Å². The average molecular weight is 220 g/mol. The molecule has 1 aromatic carbocycles. The second-order valence-corrected chi connectivity index (χ2v) is 4.29. The van der Waals surface area contributed by atoms with Gasteiger partial charge in [0.2, 0.25) is 0 Å². The molecule has 0 aliphatic carbocycles. The summed E-state index contributed by atoms with van der Waals surface area (Å²) in [6.45, 7) is 0. The Labute approximate surface area is 92.5 Å². The van der Waals surface area contributed by atoms with E-state index in [1.165, 1.54) is 4.90 Å². The molecular weight excluding hydrogens is 208 g/mol. The lowest BCUT2D eigenvalue weighted by molar-refractivity contribution is 0.714. The molecule has 0 saturated heterocycles. The Kier molecular flexibility index (Phi) is 2.91. The van der Waals surface area contributed by atoms with Crippen LogP contribution >= 0.6 is 11.8 Å². The van der Waals surface area contributed by atoms with Crippen LogP contribution in [0.25, 0.3) is 0 Å². The van der Waals surface area contributed by atoms with Crippen LogP contribution in [-0.2, 0) is 12.8 Å². The summed E-state index contributed by atoms with van der Waals surface area (Å²) in [5, 5.41) is 7.89. The molecule has 0 fully saturated rings. The van der Waals surface area contributed by atoms with Crippen LogP contribution in [-0.4, -0.2) is 15.0 Å². The molecule has 0 aliphatic heterocycles. The molecule has 0 saturated carbocycles. The number of nitrogens with zero attached hydrogens (tertiary/aromatic N) is 3. The van der Waals surface area contributed by atoms with Gasteiger partial charge in [-0.15, -0.1) is 16.9 Å². The van der Waals surface area contributed by atoms with Gasteiger partial charge in [0.1, 0.15) is 0 Å². The van der Waals surface area contributed by atoms with Crippen molar-refractivity contribution >= 4 is 17.4 Å². The first kappa shape index (κ1) is 10.0. The maximum atomic E-state index is 5.60. The second-order valence-electron chi connectivity index (χ2n) is 3.24. The zero-order valence-electron chi connectivity index (χ0n) is 8.42. The maximum Gasteiger partial charge on any atom is 0.0929 e. The summed E-state index contributed by atoms with van der Waals surface area (Å²) in [6.07, 6.45) is 1.92. The van der Waals surface area contributed by atoms with E-state index in [2.05, 4.69) is 10.3 Å². The van der Waals surface area contributed by atoms with Crippen LogP contribution in [0.5, 0.6) is 0 Å². The molecule has 0 unspecified atom stereocenters. The maximum absolute atomic E-state index is 5.60. The highest BCUT2D eigenvalue weighted by Gasteiger charge is 1.99. The number of anilines is 1. The largest absolute Gasteiger partial charge is 0.399 e. The zero-order valence-corrected chi connectivity index (χ0v) is 9.24. The highest BCUT2D eigenvalue weighted by molar-refractivity contribution is 7.98. The fourth-order valence-electron chi connectivity index (χ4n) is 1.18. The lowest BCUT2D eigenvalue weighted by atomic mass is 10.3. The summed E-state index contributed by atoms with van der Waals surface area (Å²) in [5.41, 5.74) is 7.38. The minimum Gasteiger partial charge on any atom is -0.399 e. The van der Waals surface area contributed by atoms with Crippen LogP contribution in [0.4, 0.5) is 5.69 Å². The summed E-state index contributed by atoms with van der Waals surface area (Å²) < 4.78 is 1.71. The van der Waals surface area contributed by atoms with Gasteiger partial charge in [0.05, 0.1) is 5.69 Å². The van der Waals surface area contributed by atoms with Crippen LogP contribution < -0.4 is 5.73 Å². The van der Waals surface area contributed by atoms with Gasteiger partial charge in [-0.25, -0.2) is 0 Å². The number of aryl methyl sites for hydroxylation is 1. The molecule has 78 valence electrons. The van der Waals surface area contributed by atoms with E-state index in [1.807, 2.05) is 37.5 Å². The molecule has 0 amide bonds. The Hall–Kier alpha value is -1.49. The third-order valence-electron chi connectivity index (χ3n) is 1.92. The molecule has 5 heteroatoms. The topological polar surface area (TPSA) is 56.7 Å². The van der Waals surface area contributed by atoms with Crippen molar-refractivity contribution in [2.75, 3.05) is 5.73 Å². The van der Waals surface area contributed by atoms with Gasteiger partial charge >= 0.3 is 0 Å². The number of rotatable bonds is 3.